The minimum atomic E-state index is -0.371. The molecule has 2 rings (SSSR count). The summed E-state index contributed by atoms with van der Waals surface area (Å²) in [6.07, 6.45) is 6.17. The lowest BCUT2D eigenvalue weighted by molar-refractivity contribution is 0.260. The number of nitrogens with one attached hydrogen (secondary N) is 1. The number of rotatable bonds is 17. The van der Waals surface area contributed by atoms with Crippen LogP contribution in [0.15, 0.2) is 36.4 Å². The zero-order valence-electron chi connectivity index (χ0n) is 20.5. The predicted octanol–water partition coefficient (Wildman–Crippen LogP) is 6.84. The highest BCUT2D eigenvalue weighted by molar-refractivity contribution is 6.31. The van der Waals surface area contributed by atoms with Crippen LogP contribution in [-0.4, -0.2) is 37.7 Å². The van der Waals surface area contributed by atoms with Gasteiger partial charge in [-0.15, -0.1) is 0 Å². The first-order chi connectivity index (χ1) is 16.1. The maximum Gasteiger partial charge on any atom is 0.161 e. The molecule has 0 amide bonds. The van der Waals surface area contributed by atoms with E-state index in [9.17, 15) is 4.39 Å². The second-order valence-electron chi connectivity index (χ2n) is 8.28. The van der Waals surface area contributed by atoms with Crippen molar-refractivity contribution < 1.29 is 13.9 Å². The van der Waals surface area contributed by atoms with E-state index in [0.29, 0.717) is 28.7 Å². The van der Waals surface area contributed by atoms with Crippen molar-refractivity contribution in [2.45, 2.75) is 66.0 Å². The quantitative estimate of drug-likeness (QED) is 0.252. The Balaban J connectivity index is 1.85. The van der Waals surface area contributed by atoms with Crippen molar-refractivity contribution in [2.75, 3.05) is 32.8 Å². The molecule has 0 fully saturated rings. The molecule has 0 radical (unpaired) electrons. The second kappa shape index (κ2) is 15.9. The lowest BCUT2D eigenvalue weighted by atomic mass is 10.2. The zero-order chi connectivity index (χ0) is 23.9. The second-order valence-corrected chi connectivity index (χ2v) is 8.69. The number of benzene rings is 2. The first kappa shape index (κ1) is 27.4. The van der Waals surface area contributed by atoms with E-state index in [1.165, 1.54) is 44.8 Å². The predicted molar refractivity (Wildman–Crippen MR) is 136 cm³/mol. The summed E-state index contributed by atoms with van der Waals surface area (Å²) in [6, 6.07) is 10.5. The molecule has 1 N–H and O–H groups in total. The molecule has 184 valence electrons. The van der Waals surface area contributed by atoms with Crippen LogP contribution in [0.3, 0.4) is 0 Å². The molecule has 6 heteroatoms. The highest BCUT2D eigenvalue weighted by Gasteiger charge is 2.11. The van der Waals surface area contributed by atoms with Crippen LogP contribution >= 0.6 is 11.6 Å². The average molecular weight is 479 g/mol. The minimum Gasteiger partial charge on any atom is -0.490 e. The van der Waals surface area contributed by atoms with E-state index < -0.39 is 0 Å². The van der Waals surface area contributed by atoms with Crippen molar-refractivity contribution in [2.24, 2.45) is 0 Å². The molecular formula is C27H40ClFN2O2. The summed E-state index contributed by atoms with van der Waals surface area (Å²) in [6.45, 7) is 12.3. The average Bonchev–Trinajstić information content (AvgIpc) is 2.81. The Hall–Kier alpha value is -1.82. The molecule has 0 bridgehead atoms. The van der Waals surface area contributed by atoms with Gasteiger partial charge in [0.25, 0.3) is 0 Å². The number of ether oxygens (including phenoxy) is 2. The molecule has 2 aromatic carbocycles. The van der Waals surface area contributed by atoms with Crippen LogP contribution in [0.2, 0.25) is 5.02 Å². The van der Waals surface area contributed by atoms with E-state index >= 15 is 0 Å². The number of unbranched alkanes of at least 4 members (excludes halogenated alkanes) is 2. The number of nitrogens with zero attached hydrogens (tertiary/aromatic N) is 1. The first-order valence-corrected chi connectivity index (χ1v) is 12.7. The third kappa shape index (κ3) is 9.91. The summed E-state index contributed by atoms with van der Waals surface area (Å²) >= 11 is 6.11. The van der Waals surface area contributed by atoms with Crippen LogP contribution in [0.4, 0.5) is 4.39 Å². The molecule has 0 spiro atoms. The number of halogens is 2. The van der Waals surface area contributed by atoms with Gasteiger partial charge in [0.2, 0.25) is 0 Å². The first-order valence-electron chi connectivity index (χ1n) is 12.3. The third-order valence-electron chi connectivity index (χ3n) is 5.55. The summed E-state index contributed by atoms with van der Waals surface area (Å²) < 4.78 is 25.7. The molecule has 0 aliphatic carbocycles. The Morgan fingerprint density at radius 2 is 1.64 bits per heavy atom. The van der Waals surface area contributed by atoms with Crippen LogP contribution < -0.4 is 14.8 Å². The molecule has 0 aliphatic rings. The van der Waals surface area contributed by atoms with Crippen molar-refractivity contribution in [3.63, 3.8) is 0 Å². The van der Waals surface area contributed by atoms with Gasteiger partial charge < -0.3 is 19.7 Å². The van der Waals surface area contributed by atoms with Gasteiger partial charge in [0.05, 0.1) is 11.6 Å². The molecule has 0 saturated carbocycles. The van der Waals surface area contributed by atoms with Crippen LogP contribution in [-0.2, 0) is 13.2 Å². The molecule has 0 heterocycles. The molecule has 4 nitrogen and oxygen atoms in total. The Kier molecular flexibility index (Phi) is 13.2. The molecule has 0 aliphatic heterocycles. The SMILES string of the molecule is CCCCN(CCCC)CCCNCc1ccc(OCc2c(F)cccc2Cl)c(OCC)c1. The molecule has 0 unspecified atom stereocenters. The summed E-state index contributed by atoms with van der Waals surface area (Å²) in [5, 5.41) is 3.90. The fourth-order valence-electron chi connectivity index (χ4n) is 3.63. The largest absolute Gasteiger partial charge is 0.490 e. The van der Waals surface area contributed by atoms with Gasteiger partial charge >= 0.3 is 0 Å². The van der Waals surface area contributed by atoms with Crippen molar-refractivity contribution >= 4 is 11.6 Å². The van der Waals surface area contributed by atoms with Crippen molar-refractivity contribution in [3.05, 3.63) is 58.4 Å². The van der Waals surface area contributed by atoms with Gasteiger partial charge in [-0.3, -0.25) is 0 Å². The van der Waals surface area contributed by atoms with E-state index in [1.54, 1.807) is 12.1 Å². The fraction of sp³-hybridized carbons (Fsp3) is 0.556. The molecule has 0 aromatic heterocycles. The van der Waals surface area contributed by atoms with Crippen LogP contribution in [0.5, 0.6) is 11.5 Å². The zero-order valence-corrected chi connectivity index (χ0v) is 21.2. The van der Waals surface area contributed by atoms with Gasteiger partial charge in [-0.2, -0.15) is 0 Å². The van der Waals surface area contributed by atoms with Crippen molar-refractivity contribution in [1.29, 1.82) is 0 Å². The lowest BCUT2D eigenvalue weighted by Gasteiger charge is -2.22. The Morgan fingerprint density at radius 3 is 2.30 bits per heavy atom. The molecule has 33 heavy (non-hydrogen) atoms. The van der Waals surface area contributed by atoms with Gasteiger partial charge in [-0.05, 0) is 82.2 Å². The summed E-state index contributed by atoms with van der Waals surface area (Å²) in [5.74, 6) is 0.876. The van der Waals surface area contributed by atoms with E-state index in [1.807, 2.05) is 25.1 Å². The van der Waals surface area contributed by atoms with Crippen LogP contribution in [0.25, 0.3) is 0 Å². The molecular weight excluding hydrogens is 439 g/mol. The summed E-state index contributed by atoms with van der Waals surface area (Å²) in [5.41, 5.74) is 1.47. The molecule has 0 saturated heterocycles. The molecule has 0 atom stereocenters. The topological polar surface area (TPSA) is 33.7 Å². The van der Waals surface area contributed by atoms with Gasteiger partial charge in [0.1, 0.15) is 12.4 Å². The third-order valence-corrected chi connectivity index (χ3v) is 5.91. The van der Waals surface area contributed by atoms with E-state index in [-0.39, 0.29) is 12.4 Å². The van der Waals surface area contributed by atoms with Gasteiger partial charge in [-0.1, -0.05) is 50.4 Å². The maximum atomic E-state index is 14.0. The highest BCUT2D eigenvalue weighted by atomic mass is 35.5. The van der Waals surface area contributed by atoms with Gasteiger partial charge in [-0.25, -0.2) is 4.39 Å². The Labute approximate surface area is 204 Å². The summed E-state index contributed by atoms with van der Waals surface area (Å²) in [7, 11) is 0. The van der Waals surface area contributed by atoms with E-state index in [4.69, 9.17) is 21.1 Å². The van der Waals surface area contributed by atoms with Crippen LogP contribution in [0, 0.1) is 5.82 Å². The Bertz CT molecular complexity index is 790. The van der Waals surface area contributed by atoms with Gasteiger partial charge in [0.15, 0.2) is 11.5 Å². The van der Waals surface area contributed by atoms with E-state index in [2.05, 4.69) is 24.1 Å². The van der Waals surface area contributed by atoms with Gasteiger partial charge in [0, 0.05) is 12.1 Å². The summed E-state index contributed by atoms with van der Waals surface area (Å²) in [4.78, 5) is 2.59. The van der Waals surface area contributed by atoms with Crippen molar-refractivity contribution in [3.8, 4) is 11.5 Å². The normalized spacial score (nSPS) is 11.2. The highest BCUT2D eigenvalue weighted by Crippen LogP contribution is 2.30. The number of hydrogen-bond acceptors (Lipinski definition) is 4. The standard InChI is InChI=1S/C27H40ClFN2O2/c1-4-7-16-31(17-8-5-2)18-10-15-30-20-22-13-14-26(27(19-22)32-6-3)33-21-23-24(28)11-9-12-25(23)29/h9,11-14,19,30H,4-8,10,15-18,20-21H2,1-3H3. The smallest absolute Gasteiger partial charge is 0.161 e. The molecule has 2 aromatic rings. The monoisotopic (exact) mass is 478 g/mol. The van der Waals surface area contributed by atoms with Crippen LogP contribution in [0.1, 0.15) is 64.0 Å². The maximum absolute atomic E-state index is 14.0. The number of hydrogen-bond donors (Lipinski definition) is 1. The fourth-order valence-corrected chi connectivity index (χ4v) is 3.85. The minimum absolute atomic E-state index is 0.0513. The van der Waals surface area contributed by atoms with Crippen molar-refractivity contribution in [1.82, 2.24) is 10.2 Å². The lowest BCUT2D eigenvalue weighted by Crippen LogP contribution is -2.29. The van der Waals surface area contributed by atoms with E-state index in [0.717, 1.165) is 31.6 Å². The Morgan fingerprint density at radius 1 is 0.909 bits per heavy atom.